The van der Waals surface area contributed by atoms with Gasteiger partial charge in [0, 0.05) is 13.0 Å². The van der Waals surface area contributed by atoms with Gasteiger partial charge in [-0.2, -0.15) is 0 Å². The number of carbonyl (C=O) groups excluding carboxylic acids is 1. The quantitative estimate of drug-likeness (QED) is 0.436. The zero-order valence-electron chi connectivity index (χ0n) is 17.1. The largest absolute Gasteiger partial charge is 0.426 e. The second-order valence-electron chi connectivity index (χ2n) is 7.15. The molecule has 0 aliphatic rings. The van der Waals surface area contributed by atoms with Gasteiger partial charge in [0.1, 0.15) is 5.75 Å². The Hall–Kier alpha value is -2.96. The molecular weight excluding hydrogens is 398 g/mol. The van der Waals surface area contributed by atoms with Crippen molar-refractivity contribution in [1.82, 2.24) is 4.72 Å². The first-order chi connectivity index (χ1) is 14.3. The van der Waals surface area contributed by atoms with Crippen molar-refractivity contribution in [3.63, 3.8) is 0 Å². The van der Waals surface area contributed by atoms with Crippen LogP contribution in [0.15, 0.2) is 77.7 Å². The molecule has 0 aliphatic heterocycles. The predicted octanol–water partition coefficient (Wildman–Crippen LogP) is 4.17. The first-order valence-corrected chi connectivity index (χ1v) is 11.2. The van der Waals surface area contributed by atoms with Crippen LogP contribution in [0.2, 0.25) is 0 Å². The number of nitrogens with one attached hydrogen (secondary N) is 1. The Morgan fingerprint density at radius 1 is 0.867 bits per heavy atom. The maximum Gasteiger partial charge on any atom is 0.312 e. The molecule has 0 unspecified atom stereocenters. The van der Waals surface area contributed by atoms with Crippen molar-refractivity contribution in [2.24, 2.45) is 0 Å². The summed E-state index contributed by atoms with van der Waals surface area (Å²) in [5, 5.41) is 0. The first-order valence-electron chi connectivity index (χ1n) is 9.74. The van der Waals surface area contributed by atoms with Gasteiger partial charge < -0.3 is 4.74 Å². The predicted molar refractivity (Wildman–Crippen MR) is 117 cm³/mol. The van der Waals surface area contributed by atoms with Crippen LogP contribution < -0.4 is 9.46 Å². The summed E-state index contributed by atoms with van der Waals surface area (Å²) in [5.41, 5.74) is 4.21. The van der Waals surface area contributed by atoms with Gasteiger partial charge in [-0.25, -0.2) is 13.1 Å². The van der Waals surface area contributed by atoms with Crippen molar-refractivity contribution in [3.8, 4) is 5.75 Å². The Balaban J connectivity index is 1.59. The molecule has 0 radical (unpaired) electrons. The van der Waals surface area contributed by atoms with Crippen LogP contribution in [0.1, 0.15) is 28.7 Å². The molecule has 0 amide bonds. The van der Waals surface area contributed by atoms with Crippen LogP contribution in [-0.4, -0.2) is 20.9 Å². The van der Waals surface area contributed by atoms with Gasteiger partial charge in [-0.3, -0.25) is 4.79 Å². The van der Waals surface area contributed by atoms with Crippen LogP contribution in [0.3, 0.4) is 0 Å². The smallest absolute Gasteiger partial charge is 0.312 e. The zero-order chi connectivity index (χ0) is 21.6. The fourth-order valence-corrected chi connectivity index (χ4v) is 4.06. The lowest BCUT2D eigenvalue weighted by molar-refractivity contribution is -0.134. The molecule has 0 aromatic heterocycles. The third-order valence-electron chi connectivity index (χ3n) is 4.79. The number of carbonyl (C=O) groups is 1. The number of hydrogen-bond donors (Lipinski definition) is 1. The number of benzene rings is 3. The SMILES string of the molecule is Cc1ccc(S(=O)(=O)NCCC(=O)Oc2ccccc2Cc2ccccc2C)cc1. The molecule has 3 aromatic carbocycles. The van der Waals surface area contributed by atoms with Crippen LogP contribution in [-0.2, 0) is 21.2 Å². The van der Waals surface area contributed by atoms with Crippen LogP contribution in [0.4, 0.5) is 0 Å². The fourth-order valence-electron chi connectivity index (χ4n) is 3.02. The van der Waals surface area contributed by atoms with Gasteiger partial charge in [-0.15, -0.1) is 0 Å². The second-order valence-corrected chi connectivity index (χ2v) is 8.91. The Bertz CT molecular complexity index is 1120. The molecule has 3 rings (SSSR count). The van der Waals surface area contributed by atoms with Crippen molar-refractivity contribution < 1.29 is 17.9 Å². The molecule has 0 atom stereocenters. The van der Waals surface area contributed by atoms with E-state index in [1.165, 1.54) is 17.7 Å². The minimum absolute atomic E-state index is 0.0327. The van der Waals surface area contributed by atoms with Crippen LogP contribution in [0.25, 0.3) is 0 Å². The Morgan fingerprint density at radius 2 is 1.50 bits per heavy atom. The Kier molecular flexibility index (Phi) is 7.03. The molecule has 0 saturated heterocycles. The van der Waals surface area contributed by atoms with Crippen molar-refractivity contribution in [2.45, 2.75) is 31.6 Å². The minimum atomic E-state index is -3.66. The van der Waals surface area contributed by atoms with Gasteiger partial charge in [0.25, 0.3) is 0 Å². The number of para-hydroxylation sites is 1. The minimum Gasteiger partial charge on any atom is -0.426 e. The number of esters is 1. The number of aryl methyl sites for hydroxylation is 2. The molecule has 1 N–H and O–H groups in total. The highest BCUT2D eigenvalue weighted by molar-refractivity contribution is 7.89. The van der Waals surface area contributed by atoms with Crippen molar-refractivity contribution in [1.29, 1.82) is 0 Å². The van der Waals surface area contributed by atoms with E-state index in [9.17, 15) is 13.2 Å². The Labute approximate surface area is 177 Å². The lowest BCUT2D eigenvalue weighted by Crippen LogP contribution is -2.27. The molecule has 0 bridgehead atoms. The molecule has 156 valence electrons. The highest BCUT2D eigenvalue weighted by atomic mass is 32.2. The molecule has 0 fully saturated rings. The molecule has 0 heterocycles. The van der Waals surface area contributed by atoms with Gasteiger partial charge in [0.05, 0.1) is 11.3 Å². The fraction of sp³-hybridized carbons (Fsp3) is 0.208. The number of rotatable bonds is 8. The van der Waals surface area contributed by atoms with Gasteiger partial charge in [0.2, 0.25) is 10.0 Å². The Morgan fingerprint density at radius 3 is 2.20 bits per heavy atom. The number of hydrogen-bond acceptors (Lipinski definition) is 4. The maximum atomic E-state index is 12.3. The highest BCUT2D eigenvalue weighted by Crippen LogP contribution is 2.23. The van der Waals surface area contributed by atoms with Crippen molar-refractivity contribution in [3.05, 3.63) is 95.1 Å². The third-order valence-corrected chi connectivity index (χ3v) is 6.27. The van der Waals surface area contributed by atoms with Crippen molar-refractivity contribution in [2.75, 3.05) is 6.54 Å². The summed E-state index contributed by atoms with van der Waals surface area (Å²) in [6, 6.07) is 22.0. The molecule has 0 spiro atoms. The highest BCUT2D eigenvalue weighted by Gasteiger charge is 2.15. The number of ether oxygens (including phenoxy) is 1. The van der Waals surface area contributed by atoms with E-state index in [0.717, 1.165) is 16.7 Å². The van der Waals surface area contributed by atoms with E-state index in [0.29, 0.717) is 12.2 Å². The van der Waals surface area contributed by atoms with Gasteiger partial charge in [0.15, 0.2) is 0 Å². The summed E-state index contributed by atoms with van der Waals surface area (Å²) in [4.78, 5) is 12.5. The maximum absolute atomic E-state index is 12.3. The van der Waals surface area contributed by atoms with Crippen LogP contribution >= 0.6 is 0 Å². The molecule has 5 nitrogen and oxygen atoms in total. The normalized spacial score (nSPS) is 11.3. The van der Waals surface area contributed by atoms with Crippen LogP contribution in [0, 0.1) is 13.8 Å². The summed E-state index contributed by atoms with van der Waals surface area (Å²) in [5.74, 6) is 0.00554. The summed E-state index contributed by atoms with van der Waals surface area (Å²) in [6.45, 7) is 3.90. The average Bonchev–Trinajstić information content (AvgIpc) is 2.71. The van der Waals surface area contributed by atoms with E-state index in [1.54, 1.807) is 18.2 Å². The third kappa shape index (κ3) is 5.78. The summed E-state index contributed by atoms with van der Waals surface area (Å²) in [7, 11) is -3.66. The summed E-state index contributed by atoms with van der Waals surface area (Å²) >= 11 is 0. The molecule has 6 heteroatoms. The topological polar surface area (TPSA) is 72.5 Å². The van der Waals surface area contributed by atoms with E-state index >= 15 is 0 Å². The molecule has 0 aliphatic carbocycles. The number of sulfonamides is 1. The average molecular weight is 424 g/mol. The monoisotopic (exact) mass is 423 g/mol. The summed E-state index contributed by atoms with van der Waals surface area (Å²) < 4.78 is 32.6. The molecular formula is C24H25NO4S. The second kappa shape index (κ2) is 9.69. The van der Waals surface area contributed by atoms with Crippen LogP contribution in [0.5, 0.6) is 5.75 Å². The lowest BCUT2D eigenvalue weighted by Gasteiger charge is -2.12. The first kappa shape index (κ1) is 21.7. The molecule has 30 heavy (non-hydrogen) atoms. The summed E-state index contributed by atoms with van der Waals surface area (Å²) in [6.07, 6.45) is 0.583. The zero-order valence-corrected chi connectivity index (χ0v) is 17.9. The van der Waals surface area contributed by atoms with E-state index in [1.807, 2.05) is 56.3 Å². The lowest BCUT2D eigenvalue weighted by atomic mass is 10.00. The van der Waals surface area contributed by atoms with Gasteiger partial charge >= 0.3 is 5.97 Å². The standard InChI is InChI=1S/C24H25NO4S/c1-18-11-13-22(14-12-18)30(27,28)25-16-15-24(26)29-23-10-6-5-9-21(23)17-20-8-4-3-7-19(20)2/h3-14,25H,15-17H2,1-2H3. The van der Waals surface area contributed by atoms with E-state index in [-0.39, 0.29) is 17.9 Å². The van der Waals surface area contributed by atoms with E-state index in [4.69, 9.17) is 4.74 Å². The molecule has 0 saturated carbocycles. The van der Waals surface area contributed by atoms with Crippen molar-refractivity contribution >= 4 is 16.0 Å². The van der Waals surface area contributed by atoms with E-state index < -0.39 is 16.0 Å². The van der Waals surface area contributed by atoms with Gasteiger partial charge in [-0.05, 0) is 48.7 Å². The van der Waals surface area contributed by atoms with E-state index in [2.05, 4.69) is 4.72 Å². The molecule has 3 aromatic rings. The van der Waals surface area contributed by atoms with Gasteiger partial charge in [-0.1, -0.05) is 60.2 Å².